The Morgan fingerprint density at radius 1 is 0.500 bits per heavy atom. The van der Waals surface area contributed by atoms with Gasteiger partial charge in [0.05, 0.1) is 5.60 Å². The van der Waals surface area contributed by atoms with Gasteiger partial charge in [-0.15, -0.1) is 0 Å². The van der Waals surface area contributed by atoms with Crippen molar-refractivity contribution >= 4 is 0 Å². The molecule has 16 heteroatoms. The van der Waals surface area contributed by atoms with Crippen molar-refractivity contribution in [2.24, 2.45) is 0 Å². The molecule has 0 aliphatic carbocycles. The molecule has 0 spiro atoms. The molecular weight excluding hydrogens is 466 g/mol. The zero-order valence-electron chi connectivity index (χ0n) is 15.5. The van der Waals surface area contributed by atoms with Gasteiger partial charge in [-0.1, -0.05) is 0 Å². The van der Waals surface area contributed by atoms with Gasteiger partial charge in [-0.05, 0) is 20.8 Å². The molecule has 0 unspecified atom stereocenters. The third-order valence-electron chi connectivity index (χ3n) is 3.23. The lowest BCUT2D eigenvalue weighted by atomic mass is 9.95. The van der Waals surface area contributed by atoms with E-state index in [4.69, 9.17) is 0 Å². The average molecular weight is 482 g/mol. The molecule has 0 rings (SSSR count). The molecule has 0 atom stereocenters. The van der Waals surface area contributed by atoms with E-state index >= 15 is 0 Å². The van der Waals surface area contributed by atoms with Crippen molar-refractivity contribution in [3.63, 3.8) is 0 Å². The van der Waals surface area contributed by atoms with Crippen molar-refractivity contribution in [1.82, 2.24) is 0 Å². The van der Waals surface area contributed by atoms with Crippen LogP contribution in [0.1, 0.15) is 27.7 Å². The largest absolute Gasteiger partial charge is 0.422 e. The number of hydrogen-bond acceptors (Lipinski definition) is 2. The molecule has 0 aromatic carbocycles. The zero-order valence-corrected chi connectivity index (χ0v) is 15.5. The van der Waals surface area contributed by atoms with E-state index in [0.29, 0.717) is 0 Å². The maximum Gasteiger partial charge on any atom is 0.422 e. The van der Waals surface area contributed by atoms with Gasteiger partial charge in [0.15, 0.2) is 0 Å². The highest BCUT2D eigenvalue weighted by Crippen LogP contribution is 2.56. The fourth-order valence-electron chi connectivity index (χ4n) is 1.64. The summed E-state index contributed by atoms with van der Waals surface area (Å²) in [5.41, 5.74) is -1.93. The van der Waals surface area contributed by atoms with Gasteiger partial charge in [0, 0.05) is 6.92 Å². The van der Waals surface area contributed by atoms with Crippen LogP contribution < -0.4 is 0 Å². The van der Waals surface area contributed by atoms with E-state index in [2.05, 4.69) is 9.47 Å². The minimum Gasteiger partial charge on any atom is -0.368 e. The molecule has 0 aromatic heterocycles. The van der Waals surface area contributed by atoms with E-state index in [1.807, 2.05) is 0 Å². The standard InChI is InChI=1S/C14H16F14O2/c1-7(2,3)30-14(27,28)10(19,20)6-29-5-9(17,18)12(23,24)13(25,26)11(21,22)8(4,15)16/h5-6H2,1-4H3. The van der Waals surface area contributed by atoms with Crippen molar-refractivity contribution in [2.45, 2.75) is 74.9 Å². The second kappa shape index (κ2) is 7.81. The van der Waals surface area contributed by atoms with Gasteiger partial charge >= 0.3 is 41.6 Å². The van der Waals surface area contributed by atoms with Crippen molar-refractivity contribution in [3.8, 4) is 0 Å². The summed E-state index contributed by atoms with van der Waals surface area (Å²) in [6.07, 6.45) is -5.41. The molecular formula is C14H16F14O2. The Hall–Kier alpha value is -1.06. The van der Waals surface area contributed by atoms with E-state index in [1.54, 1.807) is 0 Å². The lowest BCUT2D eigenvalue weighted by molar-refractivity contribution is -0.406. The highest BCUT2D eigenvalue weighted by Gasteiger charge is 2.85. The maximum absolute atomic E-state index is 13.4. The zero-order chi connectivity index (χ0) is 24.8. The molecule has 0 amide bonds. The van der Waals surface area contributed by atoms with E-state index in [9.17, 15) is 61.5 Å². The first-order valence-electron chi connectivity index (χ1n) is 7.59. The third-order valence-corrected chi connectivity index (χ3v) is 3.23. The van der Waals surface area contributed by atoms with Crippen LogP contribution in [0, 0.1) is 0 Å². The molecule has 2 nitrogen and oxygen atoms in total. The Balaban J connectivity index is 5.54. The Bertz CT molecular complexity index is 588. The van der Waals surface area contributed by atoms with Crippen molar-refractivity contribution < 1.29 is 70.9 Å². The highest BCUT2D eigenvalue weighted by molar-refractivity contribution is 5.07. The summed E-state index contributed by atoms with van der Waals surface area (Å²) in [5, 5.41) is 0. The fraction of sp³-hybridized carbons (Fsp3) is 1.00. The van der Waals surface area contributed by atoms with Crippen LogP contribution in [-0.2, 0) is 9.47 Å². The van der Waals surface area contributed by atoms with Gasteiger partial charge in [0.25, 0.3) is 0 Å². The van der Waals surface area contributed by atoms with Crippen LogP contribution in [-0.4, -0.2) is 60.5 Å². The Morgan fingerprint density at radius 2 is 0.867 bits per heavy atom. The molecule has 0 aromatic rings. The first-order chi connectivity index (χ1) is 12.7. The Kier molecular flexibility index (Phi) is 7.54. The minimum absolute atomic E-state index is 0.873. The molecule has 0 aliphatic heterocycles. The quantitative estimate of drug-likeness (QED) is 0.343. The summed E-state index contributed by atoms with van der Waals surface area (Å²) in [6.45, 7) is -4.35. The first kappa shape index (κ1) is 28.9. The Labute approximate surface area is 160 Å². The lowest BCUT2D eigenvalue weighted by Crippen LogP contribution is -2.67. The molecule has 0 N–H and O–H groups in total. The van der Waals surface area contributed by atoms with Gasteiger partial charge in [-0.2, -0.15) is 61.5 Å². The van der Waals surface area contributed by atoms with Crippen LogP contribution in [0.25, 0.3) is 0 Å². The van der Waals surface area contributed by atoms with Crippen LogP contribution in [0.5, 0.6) is 0 Å². The van der Waals surface area contributed by atoms with E-state index < -0.39 is 67.4 Å². The number of alkyl halides is 14. The molecule has 0 radical (unpaired) electrons. The first-order valence-corrected chi connectivity index (χ1v) is 7.59. The van der Waals surface area contributed by atoms with Gasteiger partial charge in [-0.25, -0.2) is 0 Å². The highest BCUT2D eigenvalue weighted by atomic mass is 19.4. The van der Waals surface area contributed by atoms with Gasteiger partial charge in [0.2, 0.25) is 0 Å². The van der Waals surface area contributed by atoms with Crippen molar-refractivity contribution in [2.75, 3.05) is 13.2 Å². The fourth-order valence-corrected chi connectivity index (χ4v) is 1.64. The van der Waals surface area contributed by atoms with Crippen LogP contribution in [0.3, 0.4) is 0 Å². The maximum atomic E-state index is 13.4. The van der Waals surface area contributed by atoms with Gasteiger partial charge < -0.3 is 9.47 Å². The Morgan fingerprint density at radius 3 is 1.20 bits per heavy atom. The molecule has 0 saturated heterocycles. The van der Waals surface area contributed by atoms with E-state index in [1.165, 1.54) is 0 Å². The summed E-state index contributed by atoms with van der Waals surface area (Å²) in [6, 6.07) is 0. The summed E-state index contributed by atoms with van der Waals surface area (Å²) in [4.78, 5) is 0. The van der Waals surface area contributed by atoms with Crippen molar-refractivity contribution in [3.05, 3.63) is 0 Å². The van der Waals surface area contributed by atoms with Crippen LogP contribution in [0.15, 0.2) is 0 Å². The number of ether oxygens (including phenoxy) is 2. The van der Waals surface area contributed by atoms with Crippen LogP contribution in [0.2, 0.25) is 0 Å². The minimum atomic E-state index is -7.40. The van der Waals surface area contributed by atoms with E-state index in [-0.39, 0.29) is 0 Å². The third kappa shape index (κ3) is 5.40. The predicted molar refractivity (Wildman–Crippen MR) is 72.0 cm³/mol. The summed E-state index contributed by atoms with van der Waals surface area (Å²) in [5.74, 6) is -39.5. The van der Waals surface area contributed by atoms with Gasteiger partial charge in [0.1, 0.15) is 13.2 Å². The molecule has 182 valence electrons. The van der Waals surface area contributed by atoms with Gasteiger partial charge in [-0.3, -0.25) is 0 Å². The normalized spacial score (nSPS) is 16.2. The van der Waals surface area contributed by atoms with Crippen LogP contribution in [0.4, 0.5) is 61.5 Å². The number of rotatable bonds is 10. The topological polar surface area (TPSA) is 18.5 Å². The van der Waals surface area contributed by atoms with E-state index in [0.717, 1.165) is 20.8 Å². The molecule has 0 aliphatic rings. The predicted octanol–water partition coefficient (Wildman–Crippen LogP) is 6.24. The SMILES string of the molecule is CC(C)(C)OC(F)(F)C(F)(F)COCC(F)(F)C(F)(F)C(F)(F)C(F)(F)C(C)(F)F. The molecule has 0 saturated carbocycles. The molecule has 0 fully saturated rings. The number of halogens is 14. The second-order valence-corrected chi connectivity index (χ2v) is 7.24. The second-order valence-electron chi connectivity index (χ2n) is 7.24. The van der Waals surface area contributed by atoms with Crippen LogP contribution >= 0.6 is 0 Å². The smallest absolute Gasteiger partial charge is 0.368 e. The summed E-state index contributed by atoms with van der Waals surface area (Å²) >= 11 is 0. The summed E-state index contributed by atoms with van der Waals surface area (Å²) < 4.78 is 191. The van der Waals surface area contributed by atoms with Crippen molar-refractivity contribution in [1.29, 1.82) is 0 Å². The molecule has 30 heavy (non-hydrogen) atoms. The monoisotopic (exact) mass is 482 g/mol. The molecule has 0 heterocycles. The summed E-state index contributed by atoms with van der Waals surface area (Å²) in [7, 11) is 0. The molecule has 0 bridgehead atoms. The number of hydrogen-bond donors (Lipinski definition) is 0. The average Bonchev–Trinajstić information content (AvgIpc) is 2.41. The lowest BCUT2D eigenvalue weighted by Gasteiger charge is -2.38.